The number of methoxy groups -OCH3 is 7. The highest BCUT2D eigenvalue weighted by Gasteiger charge is 2.35. The summed E-state index contributed by atoms with van der Waals surface area (Å²) in [5, 5.41) is 22.9. The van der Waals surface area contributed by atoms with Gasteiger partial charge in [-0.05, 0) is 211 Å². The lowest BCUT2D eigenvalue weighted by Crippen LogP contribution is -2.36. The second kappa shape index (κ2) is 71.3. The number of hydrogen-bond donors (Lipinski definition) is 6. The number of amides is 7. The van der Waals surface area contributed by atoms with E-state index in [4.69, 9.17) is 16.0 Å². The van der Waals surface area contributed by atoms with Crippen LogP contribution in [0.5, 0.6) is 0 Å². The molecule has 39 heteroatoms. The molecule has 4 aromatic carbocycles. The molecule has 0 spiro atoms. The molecule has 36 nitrogen and oxygen atoms in total. The molecule has 7 aromatic rings. The summed E-state index contributed by atoms with van der Waals surface area (Å²) in [7, 11) is 9.12. The van der Waals surface area contributed by atoms with Crippen molar-refractivity contribution in [3.63, 3.8) is 0 Å². The number of rotatable bonds is 42. The van der Waals surface area contributed by atoms with Crippen LogP contribution in [0.1, 0.15) is 209 Å². The van der Waals surface area contributed by atoms with Crippen molar-refractivity contribution in [2.24, 2.45) is 29.6 Å². The van der Waals surface area contributed by atoms with Crippen LogP contribution in [0.25, 0.3) is 10.8 Å². The molecular weight excluding hydrogens is 2080 g/mol. The van der Waals surface area contributed by atoms with Crippen LogP contribution in [-0.4, -0.2) is 210 Å². The van der Waals surface area contributed by atoms with Gasteiger partial charge in [0.05, 0.1) is 109 Å². The number of halogens is 3. The number of carbonyl (C=O) groups is 18. The average Bonchev–Trinajstić information content (AvgIpc) is 1.49. The molecule has 2 atom stereocenters. The highest BCUT2D eigenvalue weighted by molar-refractivity contribution is 9.10. The first-order valence-electron chi connectivity index (χ1n) is 48.8. The Morgan fingerprint density at radius 2 is 0.953 bits per heavy atom. The van der Waals surface area contributed by atoms with E-state index in [2.05, 4.69) is 116 Å². The molecule has 0 bridgehead atoms. The maximum Gasteiger partial charge on any atom is 0.330 e. The topological polar surface area (TPSA) is 483 Å². The zero-order valence-electron chi connectivity index (χ0n) is 87.7. The van der Waals surface area contributed by atoms with Gasteiger partial charge in [0.1, 0.15) is 11.5 Å². The first kappa shape index (κ1) is 128. The van der Waals surface area contributed by atoms with Crippen molar-refractivity contribution in [2.45, 2.75) is 184 Å². The predicted octanol–water partition coefficient (Wildman–Crippen LogP) is 16.4. The van der Waals surface area contributed by atoms with Gasteiger partial charge in [0.25, 0.3) is 11.8 Å². The minimum atomic E-state index is -0.468. The number of aryl methyl sites for hydroxylation is 2. The first-order valence-corrected chi connectivity index (χ1v) is 50.8. The number of nitrogens with zero attached hydrogens (tertiary/aromatic N) is 4. The summed E-state index contributed by atoms with van der Waals surface area (Å²) in [4.78, 5) is 209. The van der Waals surface area contributed by atoms with E-state index in [1.807, 2.05) is 123 Å². The second-order valence-corrected chi connectivity index (χ2v) is 37.0. The third-order valence-corrected chi connectivity index (χ3v) is 25.4. The quantitative estimate of drug-likeness (QED) is 0.00895. The van der Waals surface area contributed by atoms with E-state index >= 15 is 0 Å². The number of nitrogens with one attached hydrogen (secondary N) is 6. The zero-order chi connectivity index (χ0) is 111. The van der Waals surface area contributed by atoms with Crippen molar-refractivity contribution >= 4 is 172 Å². The predicted molar refractivity (Wildman–Crippen MR) is 575 cm³/mol. The van der Waals surface area contributed by atoms with E-state index in [-0.39, 0.29) is 127 Å². The Morgan fingerprint density at radius 1 is 0.487 bits per heavy atom. The summed E-state index contributed by atoms with van der Waals surface area (Å²) < 4.78 is 42.3. The molecule has 2 saturated carbocycles. The maximum atomic E-state index is 12.3. The summed E-state index contributed by atoms with van der Waals surface area (Å²) in [5.74, 6) is -1.85. The second-order valence-electron chi connectivity index (χ2n) is 34.9. The van der Waals surface area contributed by atoms with Crippen molar-refractivity contribution in [1.29, 1.82) is 0 Å². The Bertz CT molecular complexity index is 5910. The first-order chi connectivity index (χ1) is 71.6. The zero-order valence-corrected chi connectivity index (χ0v) is 91.6. The molecule has 810 valence electrons. The molecule has 4 heterocycles. The summed E-state index contributed by atoms with van der Waals surface area (Å²) in [6.07, 6.45) is 33.4. The van der Waals surface area contributed by atoms with E-state index in [1.165, 1.54) is 105 Å². The van der Waals surface area contributed by atoms with Crippen LogP contribution in [0.4, 0.5) is 11.4 Å². The molecule has 1 aliphatic heterocycles. The van der Waals surface area contributed by atoms with E-state index in [9.17, 15) is 86.3 Å². The van der Waals surface area contributed by atoms with Gasteiger partial charge in [-0.25, -0.2) is 33.6 Å². The number of benzene rings is 4. The highest BCUT2D eigenvalue weighted by Crippen LogP contribution is 2.33. The Labute approximate surface area is 897 Å². The number of esters is 7. The molecule has 3 aromatic heterocycles. The van der Waals surface area contributed by atoms with Crippen molar-refractivity contribution in [1.82, 2.24) is 40.9 Å². The molecule has 1 saturated heterocycles. The molecule has 10 rings (SSSR count). The molecule has 0 radical (unpaired) electrons. The Kier molecular flexibility index (Phi) is 60.8. The summed E-state index contributed by atoms with van der Waals surface area (Å²) in [6.45, 7) is 17.4. The van der Waals surface area contributed by atoms with Crippen molar-refractivity contribution in [2.75, 3.05) is 99.3 Å². The smallest absolute Gasteiger partial charge is 0.330 e. The molecule has 6 N–H and O–H groups in total. The number of fused-ring (bicyclic) bond motifs is 1. The number of anilines is 2. The van der Waals surface area contributed by atoms with Crippen LogP contribution in [-0.2, 0) is 112 Å². The summed E-state index contributed by atoms with van der Waals surface area (Å²) in [6, 6.07) is 30.8. The van der Waals surface area contributed by atoms with Gasteiger partial charge in [0.2, 0.25) is 29.5 Å². The van der Waals surface area contributed by atoms with Gasteiger partial charge in [-0.1, -0.05) is 126 Å². The Morgan fingerprint density at radius 3 is 1.45 bits per heavy atom. The lowest BCUT2D eigenvalue weighted by atomic mass is 9.82. The number of carbonyl (C=O) groups excluding carboxylic acids is 18. The van der Waals surface area contributed by atoms with Crippen molar-refractivity contribution < 1.29 is 124 Å². The molecule has 2 aliphatic carbocycles. The number of allylic oxidation sites excluding steroid dienone is 4. The van der Waals surface area contributed by atoms with Crippen LogP contribution in [0, 0.1) is 57.3 Å². The molecule has 150 heavy (non-hydrogen) atoms. The number of aromatic nitrogens is 3. The molecule has 3 aliphatic rings. The monoisotopic (exact) mass is 2220 g/mol. The van der Waals surface area contributed by atoms with Gasteiger partial charge < -0.3 is 78.9 Å². The third kappa shape index (κ3) is 49.6. The fourth-order valence-corrected chi connectivity index (χ4v) is 15.9. The van der Waals surface area contributed by atoms with E-state index in [0.29, 0.717) is 104 Å². The number of Topliss-reactive ketones (excluding diaryl/α,β-unsaturated/α-hetero) is 4. The van der Waals surface area contributed by atoms with Crippen LogP contribution in [0.2, 0.25) is 5.02 Å². The molecular formula is C111H139Br2ClN10O26. The fourth-order valence-electron chi connectivity index (χ4n) is 15.1. The van der Waals surface area contributed by atoms with E-state index < -0.39 is 41.8 Å². The summed E-state index contributed by atoms with van der Waals surface area (Å²) >= 11 is 12.7. The Balaban J connectivity index is 0.000000365. The van der Waals surface area contributed by atoms with Crippen LogP contribution >= 0.6 is 43.5 Å². The maximum absolute atomic E-state index is 12.3. The highest BCUT2D eigenvalue weighted by atomic mass is 79.9. The number of ketones is 4. The minimum Gasteiger partial charge on any atom is -0.467 e. The largest absolute Gasteiger partial charge is 0.467 e. The van der Waals surface area contributed by atoms with Crippen LogP contribution < -0.4 is 36.8 Å². The van der Waals surface area contributed by atoms with Crippen LogP contribution in [0.3, 0.4) is 0 Å². The van der Waals surface area contributed by atoms with E-state index in [1.54, 1.807) is 71.9 Å². The number of ether oxygens (including phenoxy) is 7. The lowest BCUT2D eigenvalue weighted by Gasteiger charge is -2.25. The average molecular weight is 2220 g/mol. The number of hydrogen-bond acceptors (Lipinski definition) is 27. The standard InChI is InChI=1S/C19H19NO4.C17H18BrNO4.C17H20N2O4.C16H25NO4.C15H16ClNO4.C14H20BrN3O3.C13H21NO3/c1-24-18(22)12-5-3-9-15(21)13-20-19(23)17-11-6-8-14-7-2-4-10-16(14)17;1-23-17(22)8-3-2-7-15(20)12-9-16(21)19(11-12)14-6-4-5-13(18)10-14;1-12-10-15(17(21)18-8-4-7-16(20)22-3)13(2)19(12)11-14-6-5-9-23-14;1-12-7-9-13(10-8-12)16(20)17-11-14(18)5-3-4-6-15(19)21-2;1-10(18)17-13-8-7-11(16)9-12(13)14(19)5-3-4-6-15(20)21-2;1-9(18-11(3)14(15)10(2)17-18)8-12(19)16-7-5-6-13(20)21-4;1-10-5-7-11(8-6-10)13(16)14-9-3-4-12(15)17-2/h2,4-8,10-12H,3,9,13H2,1H3,(H,20,23);3-6,8,10,12H,2,7,9,11H2,1H3;4-7,9-10H,8,11H2,1-3H3,(H,18,21);4,6,12-13H,3,5,7-11H2,1-2H3,(H,17,20);4,6-9H,3,5H2,1-2H3,(H,17,18);5-6,9H,7-8H2,1-4H3,(H,16,19);3-4,10-11H,5-9H2,1-2H3,(H,14,16)/b12-5+;8-3+;7-4+;2*6-4+;6-5+;4-3+. The van der Waals surface area contributed by atoms with Gasteiger partial charge in [0, 0.05) is 170 Å². The minimum absolute atomic E-state index is 0.000327. The van der Waals surface area contributed by atoms with E-state index in [0.717, 1.165) is 111 Å². The van der Waals surface area contributed by atoms with Gasteiger partial charge in [-0.3, -0.25) is 57.4 Å². The normalized spacial score (nSPS) is 15.2. The third-order valence-electron chi connectivity index (χ3n) is 23.5. The van der Waals surface area contributed by atoms with Crippen molar-refractivity contribution in [3.05, 3.63) is 254 Å². The van der Waals surface area contributed by atoms with Crippen molar-refractivity contribution in [3.8, 4) is 0 Å². The van der Waals surface area contributed by atoms with Gasteiger partial charge in [0.15, 0.2) is 17.3 Å². The molecule has 7 amide bonds. The van der Waals surface area contributed by atoms with Gasteiger partial charge in [-0.15, -0.1) is 0 Å². The lowest BCUT2D eigenvalue weighted by molar-refractivity contribution is -0.135. The summed E-state index contributed by atoms with van der Waals surface area (Å²) in [5.41, 5.74) is 6.48. The number of furan rings is 1. The van der Waals surface area contributed by atoms with Crippen LogP contribution in [0.15, 0.2) is 208 Å². The Hall–Kier alpha value is -14.4. The molecule has 2 unspecified atom stereocenters. The molecule has 3 fully saturated rings. The fraction of sp³-hybridized carbons (Fsp3) is 0.414. The van der Waals surface area contributed by atoms with Gasteiger partial charge in [-0.2, -0.15) is 5.10 Å². The SMILES string of the molecule is COC(=O)/C=C/CCC(=O)C1CC(=O)N(c2cccc(Br)c2)C1.COC(=O)/C=C/CCC(=O)CNC(=O)C1CCC(C)CC1.COC(=O)/C=C/CCC(=O)CNC(=O)c1cccc2ccccc12.COC(=O)/C=C/CCC(=O)c1cc(Cl)ccc1NC(C)=O.COC(=O)/C=C/CNC(=O)C1CCC(C)CC1.COC(=O)/C=C/CNC(=O)CC(C)n1nc(C)c(Br)c1C.COC(=O)/C=C/CNC(=O)c1cc(C)n(Cc2ccco2)c1C. The van der Waals surface area contributed by atoms with Gasteiger partial charge >= 0.3 is 41.8 Å².